The number of nitrogens with one attached hydrogen (secondary N) is 1. The average molecular weight is 425 g/mol. The highest BCUT2D eigenvalue weighted by Gasteiger charge is 2.29. The smallest absolute Gasteiger partial charge is 0.293 e. The van der Waals surface area contributed by atoms with Crippen molar-refractivity contribution in [3.8, 4) is 0 Å². The van der Waals surface area contributed by atoms with Gasteiger partial charge < -0.3 is 9.80 Å². The lowest BCUT2D eigenvalue weighted by Crippen LogP contribution is -2.48. The SMILES string of the molecule is CC(=O)N1CCN(c2ccc(S(=O)(=O)NC3CCC(C)CC3)cc2[N+](=O)[O-])CC1. The number of nitro benzene ring substituents is 1. The maximum Gasteiger partial charge on any atom is 0.293 e. The first-order valence-corrected chi connectivity index (χ1v) is 11.5. The summed E-state index contributed by atoms with van der Waals surface area (Å²) in [6, 6.07) is 3.93. The number of carbonyl (C=O) groups is 1. The molecule has 1 saturated heterocycles. The van der Waals surface area contributed by atoms with Gasteiger partial charge in [-0.05, 0) is 43.7 Å². The highest BCUT2D eigenvalue weighted by Crippen LogP contribution is 2.32. The van der Waals surface area contributed by atoms with Gasteiger partial charge in [0.1, 0.15) is 5.69 Å². The van der Waals surface area contributed by atoms with Crippen LogP contribution in [0.15, 0.2) is 23.1 Å². The molecule has 0 spiro atoms. The number of carbonyl (C=O) groups excluding carboxylic acids is 1. The van der Waals surface area contributed by atoms with E-state index >= 15 is 0 Å². The van der Waals surface area contributed by atoms with Crippen molar-refractivity contribution in [1.29, 1.82) is 0 Å². The highest BCUT2D eigenvalue weighted by molar-refractivity contribution is 7.89. The standard InChI is InChI=1S/C19H28N4O5S/c1-14-3-5-16(6-4-14)20-29(27,28)17-7-8-18(19(13-17)23(25)26)22-11-9-21(10-12-22)15(2)24/h7-8,13-14,16,20H,3-6,9-12H2,1-2H3. The Bertz CT molecular complexity index is 873. The van der Waals surface area contributed by atoms with Gasteiger partial charge in [-0.3, -0.25) is 14.9 Å². The van der Waals surface area contributed by atoms with Crippen LogP contribution in [-0.4, -0.2) is 56.4 Å². The minimum absolute atomic E-state index is 0.0243. The van der Waals surface area contributed by atoms with E-state index < -0.39 is 14.9 Å². The van der Waals surface area contributed by atoms with E-state index in [2.05, 4.69) is 11.6 Å². The van der Waals surface area contributed by atoms with Crippen molar-refractivity contribution >= 4 is 27.3 Å². The first-order valence-electron chi connectivity index (χ1n) is 9.98. The second-order valence-electron chi connectivity index (χ2n) is 7.98. The molecular weight excluding hydrogens is 396 g/mol. The summed E-state index contributed by atoms with van der Waals surface area (Å²) in [6.07, 6.45) is 3.50. The summed E-state index contributed by atoms with van der Waals surface area (Å²) >= 11 is 0. The van der Waals surface area contributed by atoms with Crippen molar-refractivity contribution in [2.45, 2.75) is 50.5 Å². The van der Waals surface area contributed by atoms with Crippen LogP contribution in [0.25, 0.3) is 0 Å². The minimum Gasteiger partial charge on any atom is -0.362 e. The summed E-state index contributed by atoms with van der Waals surface area (Å²) < 4.78 is 28.2. The van der Waals surface area contributed by atoms with E-state index in [0.717, 1.165) is 31.7 Å². The zero-order chi connectivity index (χ0) is 21.2. The Hall–Kier alpha value is -2.20. The maximum absolute atomic E-state index is 12.8. The molecule has 0 unspecified atom stereocenters. The van der Waals surface area contributed by atoms with Crippen LogP contribution < -0.4 is 9.62 Å². The number of nitro groups is 1. The van der Waals surface area contributed by atoms with Crippen molar-refractivity contribution in [1.82, 2.24) is 9.62 Å². The molecule has 160 valence electrons. The number of benzene rings is 1. The number of hydrogen-bond acceptors (Lipinski definition) is 6. The first kappa shape index (κ1) is 21.5. The number of rotatable bonds is 5. The molecule has 9 nitrogen and oxygen atoms in total. The van der Waals surface area contributed by atoms with Crippen LogP contribution >= 0.6 is 0 Å². The zero-order valence-corrected chi connectivity index (χ0v) is 17.7. The van der Waals surface area contributed by atoms with Gasteiger partial charge >= 0.3 is 0 Å². The van der Waals surface area contributed by atoms with E-state index in [-0.39, 0.29) is 22.5 Å². The molecule has 0 bridgehead atoms. The van der Waals surface area contributed by atoms with Gasteiger partial charge in [0, 0.05) is 45.2 Å². The molecule has 0 aromatic heterocycles. The van der Waals surface area contributed by atoms with Crippen LogP contribution in [0.1, 0.15) is 39.5 Å². The van der Waals surface area contributed by atoms with Crippen LogP contribution in [-0.2, 0) is 14.8 Å². The van der Waals surface area contributed by atoms with Crippen molar-refractivity contribution < 1.29 is 18.1 Å². The van der Waals surface area contributed by atoms with Crippen molar-refractivity contribution in [3.05, 3.63) is 28.3 Å². The molecule has 10 heteroatoms. The van der Waals surface area contributed by atoms with Gasteiger partial charge in [-0.2, -0.15) is 0 Å². The fourth-order valence-electron chi connectivity index (χ4n) is 4.01. The van der Waals surface area contributed by atoms with Crippen LogP contribution in [0.2, 0.25) is 0 Å². The Morgan fingerprint density at radius 1 is 1.14 bits per heavy atom. The Morgan fingerprint density at radius 3 is 2.31 bits per heavy atom. The summed E-state index contributed by atoms with van der Waals surface area (Å²) in [5.41, 5.74) is 0.144. The van der Waals surface area contributed by atoms with Gasteiger partial charge in [0.15, 0.2) is 0 Å². The van der Waals surface area contributed by atoms with E-state index in [1.807, 2.05) is 4.90 Å². The maximum atomic E-state index is 12.8. The molecule has 2 fully saturated rings. The number of piperazine rings is 1. The second-order valence-corrected chi connectivity index (χ2v) is 9.69. The third kappa shape index (κ3) is 5.05. The van der Waals surface area contributed by atoms with E-state index in [9.17, 15) is 23.3 Å². The van der Waals surface area contributed by atoms with Gasteiger partial charge in [-0.25, -0.2) is 13.1 Å². The molecule has 1 aliphatic carbocycles. The van der Waals surface area contributed by atoms with Gasteiger partial charge in [-0.15, -0.1) is 0 Å². The number of nitrogens with zero attached hydrogens (tertiary/aromatic N) is 3. The lowest BCUT2D eigenvalue weighted by molar-refractivity contribution is -0.384. The topological polar surface area (TPSA) is 113 Å². The van der Waals surface area contributed by atoms with Crippen molar-refractivity contribution in [2.24, 2.45) is 5.92 Å². The third-order valence-corrected chi connectivity index (χ3v) is 7.38. The van der Waals surface area contributed by atoms with Crippen LogP contribution in [0, 0.1) is 16.0 Å². The van der Waals surface area contributed by atoms with Crippen molar-refractivity contribution in [2.75, 3.05) is 31.1 Å². The fourth-order valence-corrected chi connectivity index (χ4v) is 5.34. The first-order chi connectivity index (χ1) is 13.7. The highest BCUT2D eigenvalue weighted by atomic mass is 32.2. The quantitative estimate of drug-likeness (QED) is 0.572. The fraction of sp³-hybridized carbons (Fsp3) is 0.632. The molecule has 1 N–H and O–H groups in total. The number of sulfonamides is 1. The number of anilines is 1. The molecule has 0 atom stereocenters. The molecule has 29 heavy (non-hydrogen) atoms. The average Bonchev–Trinajstić information content (AvgIpc) is 2.69. The second kappa shape index (κ2) is 8.66. The van der Waals surface area contributed by atoms with E-state index in [1.54, 1.807) is 4.90 Å². The number of hydrogen-bond donors (Lipinski definition) is 1. The minimum atomic E-state index is -3.83. The largest absolute Gasteiger partial charge is 0.362 e. The molecule has 2 aliphatic rings. The summed E-state index contributed by atoms with van der Waals surface area (Å²) in [5, 5.41) is 11.6. The lowest BCUT2D eigenvalue weighted by Gasteiger charge is -2.35. The Balaban J connectivity index is 1.79. The Morgan fingerprint density at radius 2 is 1.76 bits per heavy atom. The van der Waals surface area contributed by atoms with Gasteiger partial charge in [0.05, 0.1) is 9.82 Å². The molecule has 1 heterocycles. The van der Waals surface area contributed by atoms with Crippen LogP contribution in [0.3, 0.4) is 0 Å². The predicted molar refractivity (Wildman–Crippen MR) is 109 cm³/mol. The van der Waals surface area contributed by atoms with Crippen molar-refractivity contribution in [3.63, 3.8) is 0 Å². The van der Waals surface area contributed by atoms with E-state index in [0.29, 0.717) is 37.8 Å². The summed E-state index contributed by atoms with van der Waals surface area (Å²) in [4.78, 5) is 26.0. The molecule has 1 aliphatic heterocycles. The number of amides is 1. The molecule has 1 aromatic rings. The lowest BCUT2D eigenvalue weighted by atomic mass is 9.88. The molecule has 1 amide bonds. The van der Waals surface area contributed by atoms with Crippen LogP contribution in [0.4, 0.5) is 11.4 Å². The third-order valence-electron chi connectivity index (χ3n) is 5.86. The molecule has 0 radical (unpaired) electrons. The molecule has 1 aromatic carbocycles. The van der Waals surface area contributed by atoms with Crippen LogP contribution in [0.5, 0.6) is 0 Å². The summed E-state index contributed by atoms with van der Waals surface area (Å²) in [7, 11) is -3.83. The van der Waals surface area contributed by atoms with Gasteiger partial charge in [0.2, 0.25) is 15.9 Å². The van der Waals surface area contributed by atoms with Gasteiger partial charge in [-0.1, -0.05) is 6.92 Å². The molecule has 3 rings (SSSR count). The normalized spacial score (nSPS) is 23.1. The van der Waals surface area contributed by atoms with E-state index in [1.165, 1.54) is 19.1 Å². The zero-order valence-electron chi connectivity index (χ0n) is 16.8. The summed E-state index contributed by atoms with van der Waals surface area (Å²) in [5.74, 6) is 0.573. The molecular formula is C19H28N4O5S. The molecule has 1 saturated carbocycles. The predicted octanol–water partition coefficient (Wildman–Crippen LogP) is 2.12. The Labute approximate surface area is 171 Å². The van der Waals surface area contributed by atoms with Gasteiger partial charge in [0.25, 0.3) is 5.69 Å². The Kier molecular flexibility index (Phi) is 6.42. The summed E-state index contributed by atoms with van der Waals surface area (Å²) in [6.45, 7) is 5.54. The van der Waals surface area contributed by atoms with E-state index in [4.69, 9.17) is 0 Å². The monoisotopic (exact) mass is 424 g/mol.